The van der Waals surface area contributed by atoms with Gasteiger partial charge in [0.15, 0.2) is 11.5 Å². The Morgan fingerprint density at radius 1 is 0.946 bits per heavy atom. The summed E-state index contributed by atoms with van der Waals surface area (Å²) < 4.78 is 17.1. The van der Waals surface area contributed by atoms with Gasteiger partial charge in [0.2, 0.25) is 5.89 Å². The molecule has 0 fully saturated rings. The summed E-state index contributed by atoms with van der Waals surface area (Å²) in [5, 5.41) is 15.0. The highest BCUT2D eigenvalue weighted by Gasteiger charge is 2.23. The highest BCUT2D eigenvalue weighted by Crippen LogP contribution is 2.29. The summed E-state index contributed by atoms with van der Waals surface area (Å²) in [6, 6.07) is 22.3. The molecule has 0 saturated heterocycles. The largest absolute Gasteiger partial charge is 0.490 e. The number of para-hydroxylation sites is 1. The van der Waals surface area contributed by atoms with Crippen LogP contribution in [0, 0.1) is 0 Å². The predicted octanol–water partition coefficient (Wildman–Crippen LogP) is 5.69. The second kappa shape index (κ2) is 12.8. The number of ether oxygens (including phenoxy) is 2. The van der Waals surface area contributed by atoms with Crippen LogP contribution in [0.3, 0.4) is 0 Å². The number of amides is 1. The first-order chi connectivity index (χ1) is 18.1. The molecule has 0 spiro atoms. The van der Waals surface area contributed by atoms with Crippen molar-refractivity contribution in [3.05, 3.63) is 101 Å². The minimum Gasteiger partial charge on any atom is -0.490 e. The summed E-state index contributed by atoms with van der Waals surface area (Å²) in [5.74, 6) is 1.11. The zero-order valence-electron chi connectivity index (χ0n) is 20.7. The smallest absolute Gasteiger partial charge is 0.308 e. The molecule has 1 amide bonds. The van der Waals surface area contributed by atoms with Crippen LogP contribution in [0.4, 0.5) is 5.69 Å². The third kappa shape index (κ3) is 7.01. The van der Waals surface area contributed by atoms with Gasteiger partial charge in [-0.1, -0.05) is 48.0 Å². The number of hydrogen-bond acceptors (Lipinski definition) is 7. The molecule has 4 rings (SSSR count). The molecule has 1 unspecified atom stereocenters. The van der Waals surface area contributed by atoms with E-state index in [-0.39, 0.29) is 11.8 Å². The third-order valence-corrected chi connectivity index (χ3v) is 5.73. The molecule has 2 N–H and O–H groups in total. The van der Waals surface area contributed by atoms with E-state index in [1.807, 2.05) is 74.5 Å². The van der Waals surface area contributed by atoms with Gasteiger partial charge in [0.25, 0.3) is 0 Å². The van der Waals surface area contributed by atoms with Gasteiger partial charge in [-0.3, -0.25) is 4.79 Å². The Bertz CT molecular complexity index is 1300. The quantitative estimate of drug-likeness (QED) is 0.247. The van der Waals surface area contributed by atoms with Gasteiger partial charge in [0.1, 0.15) is 6.04 Å². The van der Waals surface area contributed by atoms with Crippen LogP contribution in [0.5, 0.6) is 11.5 Å². The number of carbonyl (C=O) groups is 1. The molecule has 192 valence electrons. The van der Waals surface area contributed by atoms with Gasteiger partial charge < -0.3 is 24.5 Å². The summed E-state index contributed by atoms with van der Waals surface area (Å²) >= 11 is 6.07. The maximum absolute atomic E-state index is 12.7. The van der Waals surface area contributed by atoms with Crippen molar-refractivity contribution in [1.29, 1.82) is 0 Å². The highest BCUT2D eigenvalue weighted by molar-refractivity contribution is 6.30. The summed E-state index contributed by atoms with van der Waals surface area (Å²) in [5.41, 5.74) is 2.74. The fraction of sp³-hybridized carbons (Fsp3) is 0.250. The molecular formula is C28H29ClN4O4. The van der Waals surface area contributed by atoms with E-state index in [1.165, 1.54) is 0 Å². The maximum Gasteiger partial charge on any atom is 0.308 e. The van der Waals surface area contributed by atoms with E-state index < -0.39 is 11.9 Å². The minimum absolute atomic E-state index is 0.106. The second-order valence-electron chi connectivity index (χ2n) is 8.09. The molecule has 8 nitrogen and oxygen atoms in total. The molecule has 0 aliphatic heterocycles. The highest BCUT2D eigenvalue weighted by atomic mass is 35.5. The van der Waals surface area contributed by atoms with Crippen molar-refractivity contribution in [2.75, 3.05) is 25.1 Å². The van der Waals surface area contributed by atoms with E-state index >= 15 is 0 Å². The van der Waals surface area contributed by atoms with Crippen LogP contribution in [-0.2, 0) is 6.42 Å². The van der Waals surface area contributed by atoms with Gasteiger partial charge >= 0.3 is 11.8 Å². The van der Waals surface area contributed by atoms with Crippen molar-refractivity contribution in [2.24, 2.45) is 0 Å². The summed E-state index contributed by atoms with van der Waals surface area (Å²) in [6.45, 7) is 5.34. The second-order valence-corrected chi connectivity index (χ2v) is 8.53. The molecule has 0 aliphatic carbocycles. The van der Waals surface area contributed by atoms with Crippen LogP contribution < -0.4 is 20.1 Å². The fourth-order valence-corrected chi connectivity index (χ4v) is 3.86. The van der Waals surface area contributed by atoms with E-state index in [1.54, 1.807) is 12.1 Å². The summed E-state index contributed by atoms with van der Waals surface area (Å²) in [6.07, 6.45) is 0.599. The summed E-state index contributed by atoms with van der Waals surface area (Å²) in [7, 11) is 0. The molecule has 0 radical (unpaired) electrons. The molecule has 0 aliphatic rings. The van der Waals surface area contributed by atoms with Crippen molar-refractivity contribution in [3.8, 4) is 11.5 Å². The fourth-order valence-electron chi connectivity index (χ4n) is 3.73. The van der Waals surface area contributed by atoms with Gasteiger partial charge in [-0.15, -0.1) is 10.2 Å². The van der Waals surface area contributed by atoms with Crippen LogP contribution in [0.25, 0.3) is 0 Å². The lowest BCUT2D eigenvalue weighted by atomic mass is 10.1. The number of nitrogens with zero attached hydrogens (tertiary/aromatic N) is 2. The lowest BCUT2D eigenvalue weighted by Gasteiger charge is -2.17. The van der Waals surface area contributed by atoms with Crippen molar-refractivity contribution < 1.29 is 18.7 Å². The zero-order valence-corrected chi connectivity index (χ0v) is 21.5. The van der Waals surface area contributed by atoms with E-state index in [2.05, 4.69) is 20.8 Å². The standard InChI is InChI=1S/C28H29ClN4O4/c1-3-35-23-15-10-19(18-24(23)36-4-2)16-17-30-26(34)28-33-32-27(37-28)25(20-11-13-21(29)14-12-20)31-22-8-6-5-7-9-22/h5-15,18,25,31H,3-4,16-17H2,1-2H3,(H,30,34). The molecule has 3 aromatic carbocycles. The Hall–Kier alpha value is -4.04. The topological polar surface area (TPSA) is 98.5 Å². The van der Waals surface area contributed by atoms with Gasteiger partial charge in [0.05, 0.1) is 13.2 Å². The number of aromatic nitrogens is 2. The number of rotatable bonds is 12. The molecule has 4 aromatic rings. The molecular weight excluding hydrogens is 492 g/mol. The van der Waals surface area contributed by atoms with E-state index in [0.717, 1.165) is 16.8 Å². The third-order valence-electron chi connectivity index (χ3n) is 5.48. The van der Waals surface area contributed by atoms with E-state index in [4.69, 9.17) is 25.5 Å². The number of benzene rings is 3. The Labute approximate surface area is 221 Å². The lowest BCUT2D eigenvalue weighted by Crippen LogP contribution is -2.26. The SMILES string of the molecule is CCOc1ccc(CCNC(=O)c2nnc(C(Nc3ccccc3)c3ccc(Cl)cc3)o2)cc1OCC. The number of carbonyl (C=O) groups excluding carboxylic acids is 1. The van der Waals surface area contributed by atoms with E-state index in [9.17, 15) is 4.79 Å². The first kappa shape index (κ1) is 26.0. The number of nitrogens with one attached hydrogen (secondary N) is 2. The van der Waals surface area contributed by atoms with Crippen LogP contribution in [-0.4, -0.2) is 35.9 Å². The number of halogens is 1. The van der Waals surface area contributed by atoms with Crippen LogP contribution in [0.15, 0.2) is 77.2 Å². The number of anilines is 1. The first-order valence-electron chi connectivity index (χ1n) is 12.1. The van der Waals surface area contributed by atoms with Crippen molar-refractivity contribution in [3.63, 3.8) is 0 Å². The summed E-state index contributed by atoms with van der Waals surface area (Å²) in [4.78, 5) is 12.7. The van der Waals surface area contributed by atoms with Crippen molar-refractivity contribution in [1.82, 2.24) is 15.5 Å². The molecule has 0 bridgehead atoms. The van der Waals surface area contributed by atoms with Crippen molar-refractivity contribution >= 4 is 23.2 Å². The average molecular weight is 521 g/mol. The molecule has 37 heavy (non-hydrogen) atoms. The maximum atomic E-state index is 12.7. The predicted molar refractivity (Wildman–Crippen MR) is 142 cm³/mol. The molecule has 1 heterocycles. The van der Waals surface area contributed by atoms with E-state index in [0.29, 0.717) is 42.7 Å². The minimum atomic E-state index is -0.463. The van der Waals surface area contributed by atoms with Gasteiger partial charge in [-0.05, 0) is 67.8 Å². The van der Waals surface area contributed by atoms with Crippen molar-refractivity contribution in [2.45, 2.75) is 26.3 Å². The molecule has 1 atom stereocenters. The van der Waals surface area contributed by atoms with Gasteiger partial charge in [-0.2, -0.15) is 0 Å². The van der Waals surface area contributed by atoms with Gasteiger partial charge in [0, 0.05) is 17.3 Å². The van der Waals surface area contributed by atoms with Gasteiger partial charge in [-0.25, -0.2) is 0 Å². The Morgan fingerprint density at radius 3 is 2.41 bits per heavy atom. The first-order valence-corrected chi connectivity index (χ1v) is 12.5. The molecule has 0 saturated carbocycles. The molecule has 9 heteroatoms. The molecule has 1 aromatic heterocycles. The van der Waals surface area contributed by atoms with Crippen LogP contribution >= 0.6 is 11.6 Å². The Kier molecular flexibility index (Phi) is 8.99. The number of hydrogen-bond donors (Lipinski definition) is 2. The Morgan fingerprint density at radius 2 is 1.68 bits per heavy atom. The monoisotopic (exact) mass is 520 g/mol. The average Bonchev–Trinajstić information content (AvgIpc) is 3.40. The lowest BCUT2D eigenvalue weighted by molar-refractivity contribution is 0.0917. The Balaban J connectivity index is 1.42. The normalized spacial score (nSPS) is 11.5. The zero-order chi connectivity index (χ0) is 26.0. The van der Waals surface area contributed by atoms with Crippen LogP contribution in [0.2, 0.25) is 5.02 Å². The van der Waals surface area contributed by atoms with Crippen LogP contribution in [0.1, 0.15) is 47.6 Å².